The third kappa shape index (κ3) is 6.33. The number of guanidine groups is 2. The Labute approximate surface area is 131 Å². The van der Waals surface area contributed by atoms with Crippen molar-refractivity contribution in [3.63, 3.8) is 0 Å². The molecule has 6 N–H and O–H groups in total. The van der Waals surface area contributed by atoms with Gasteiger partial charge in [-0.05, 0) is 0 Å². The van der Waals surface area contributed by atoms with E-state index >= 15 is 0 Å². The Bertz CT molecular complexity index is 555. The molecule has 0 amide bonds. The van der Waals surface area contributed by atoms with Crippen LogP contribution in [0.15, 0.2) is 15.4 Å². The molecular weight excluding hydrogens is 308 g/mol. The lowest BCUT2D eigenvalue weighted by molar-refractivity contribution is 0.502. The van der Waals surface area contributed by atoms with Gasteiger partial charge in [0, 0.05) is 30.0 Å². The molecule has 0 saturated carbocycles. The quantitative estimate of drug-likeness (QED) is 0.390. The number of nitrogens with zero attached hydrogens (tertiary/aromatic N) is 5. The van der Waals surface area contributed by atoms with E-state index in [-0.39, 0.29) is 11.9 Å². The summed E-state index contributed by atoms with van der Waals surface area (Å²) in [6, 6.07) is 0. The maximum atomic E-state index is 8.45. The molecule has 1 aromatic heterocycles. The van der Waals surface area contributed by atoms with Crippen molar-refractivity contribution in [2.75, 3.05) is 13.6 Å². The van der Waals surface area contributed by atoms with Crippen LogP contribution in [0.1, 0.15) is 12.6 Å². The Morgan fingerprint density at radius 3 is 2.90 bits per heavy atom. The van der Waals surface area contributed by atoms with Gasteiger partial charge in [-0.1, -0.05) is 6.92 Å². The summed E-state index contributed by atoms with van der Waals surface area (Å²) in [5, 5.41) is 11.2. The van der Waals surface area contributed by atoms with E-state index in [0.29, 0.717) is 16.9 Å². The van der Waals surface area contributed by atoms with E-state index in [1.54, 1.807) is 29.9 Å². The Kier molecular flexibility index (Phi) is 6.77. The lowest BCUT2D eigenvalue weighted by Crippen LogP contribution is -2.37. The number of hydrogen-bond acceptors (Lipinski definition) is 6. The average Bonchev–Trinajstić information content (AvgIpc) is 2.83. The number of hydrogen-bond donors (Lipinski definition) is 3. The van der Waals surface area contributed by atoms with Crippen molar-refractivity contribution in [1.82, 2.24) is 9.88 Å². The van der Waals surface area contributed by atoms with Gasteiger partial charge in [0.2, 0.25) is 17.3 Å². The second-order valence-electron chi connectivity index (χ2n) is 4.23. The molecule has 10 heteroatoms. The Balaban J connectivity index is 2.45. The Morgan fingerprint density at radius 1 is 1.57 bits per heavy atom. The van der Waals surface area contributed by atoms with Crippen LogP contribution in [-0.4, -0.2) is 40.6 Å². The summed E-state index contributed by atoms with van der Waals surface area (Å²) < 4.78 is 0. The summed E-state index contributed by atoms with van der Waals surface area (Å²) in [5.74, 6) is 0.973. The van der Waals surface area contributed by atoms with Gasteiger partial charge >= 0.3 is 0 Å². The second kappa shape index (κ2) is 8.33. The molecule has 21 heavy (non-hydrogen) atoms. The maximum Gasteiger partial charge on any atom is 0.212 e. The highest BCUT2D eigenvalue weighted by Gasteiger charge is 2.10. The monoisotopic (exact) mass is 326 g/mol. The molecule has 1 aromatic rings. The van der Waals surface area contributed by atoms with E-state index in [1.807, 2.05) is 5.38 Å². The topological polar surface area (TPSA) is 143 Å². The first-order chi connectivity index (χ1) is 9.92. The van der Waals surface area contributed by atoms with E-state index in [0.717, 1.165) is 11.4 Å². The molecule has 114 valence electrons. The highest BCUT2D eigenvalue weighted by Crippen LogP contribution is 2.23. The van der Waals surface area contributed by atoms with Gasteiger partial charge in [0.25, 0.3) is 0 Å². The average molecular weight is 326 g/mol. The number of nitriles is 1. The van der Waals surface area contributed by atoms with Crippen molar-refractivity contribution in [2.24, 2.45) is 27.2 Å². The molecule has 1 atom stereocenters. The summed E-state index contributed by atoms with van der Waals surface area (Å²) in [7, 11) is 1.80. The minimum atomic E-state index is 0.00537. The smallest absolute Gasteiger partial charge is 0.212 e. The van der Waals surface area contributed by atoms with Gasteiger partial charge in [-0.3, -0.25) is 0 Å². The van der Waals surface area contributed by atoms with Crippen LogP contribution in [0.2, 0.25) is 0 Å². The number of thioether (sulfide) groups is 1. The minimum Gasteiger partial charge on any atom is -0.370 e. The molecule has 0 aliphatic carbocycles. The standard InChI is InChI=1S/C11H18N8S2/c1-7(3-19(2)10(15)16-6-12)20-4-8-5-21-11(17-8)18-9(13)14/h5,7H,3-4H2,1-2H3,(H2,15,16)(H4,13,14,17,18). The van der Waals surface area contributed by atoms with Crippen LogP contribution in [-0.2, 0) is 5.75 Å². The molecule has 1 unspecified atom stereocenters. The molecule has 0 saturated heterocycles. The molecule has 8 nitrogen and oxygen atoms in total. The van der Waals surface area contributed by atoms with Gasteiger partial charge in [0.1, 0.15) is 0 Å². The zero-order chi connectivity index (χ0) is 15.8. The van der Waals surface area contributed by atoms with E-state index in [9.17, 15) is 0 Å². The first-order valence-electron chi connectivity index (χ1n) is 6.01. The van der Waals surface area contributed by atoms with Gasteiger partial charge < -0.3 is 22.1 Å². The van der Waals surface area contributed by atoms with E-state index in [2.05, 4.69) is 21.9 Å². The molecule has 0 aromatic carbocycles. The lowest BCUT2D eigenvalue weighted by Gasteiger charge is -2.21. The van der Waals surface area contributed by atoms with Gasteiger partial charge in [-0.25, -0.2) is 4.98 Å². The largest absolute Gasteiger partial charge is 0.370 e. The molecule has 1 heterocycles. The molecular formula is C11H18N8S2. The summed E-state index contributed by atoms with van der Waals surface area (Å²) in [6.07, 6.45) is 1.67. The van der Waals surface area contributed by atoms with Gasteiger partial charge in [0.05, 0.1) is 5.69 Å². The third-order valence-electron chi connectivity index (χ3n) is 2.37. The summed E-state index contributed by atoms with van der Waals surface area (Å²) >= 11 is 3.12. The maximum absolute atomic E-state index is 8.45. The number of thiazole rings is 1. The highest BCUT2D eigenvalue weighted by atomic mass is 32.2. The molecule has 1 rings (SSSR count). The minimum absolute atomic E-state index is 0.00537. The third-order valence-corrected chi connectivity index (χ3v) is 4.33. The normalized spacial score (nSPS) is 12.5. The van der Waals surface area contributed by atoms with Crippen molar-refractivity contribution >= 4 is 40.1 Å². The molecule has 0 bridgehead atoms. The lowest BCUT2D eigenvalue weighted by atomic mass is 10.4. The molecule has 0 spiro atoms. The van der Waals surface area contributed by atoms with Crippen molar-refractivity contribution < 1.29 is 0 Å². The Hall–Kier alpha value is -1.99. The molecule has 0 aliphatic rings. The van der Waals surface area contributed by atoms with Crippen molar-refractivity contribution in [3.8, 4) is 6.19 Å². The fourth-order valence-corrected chi connectivity index (χ4v) is 3.16. The first kappa shape index (κ1) is 17.1. The van der Waals surface area contributed by atoms with Crippen LogP contribution in [0, 0.1) is 11.5 Å². The summed E-state index contributed by atoms with van der Waals surface area (Å²) in [4.78, 5) is 13.4. The summed E-state index contributed by atoms with van der Waals surface area (Å²) in [5.41, 5.74) is 17.2. The number of nitrogens with two attached hydrogens (primary N) is 3. The van der Waals surface area contributed by atoms with Crippen molar-refractivity contribution in [3.05, 3.63) is 11.1 Å². The van der Waals surface area contributed by atoms with Crippen LogP contribution >= 0.6 is 23.1 Å². The zero-order valence-electron chi connectivity index (χ0n) is 11.9. The molecule has 0 fully saturated rings. The SMILES string of the molecule is CC(CN(C)C(N)=NC#N)SCc1csc(N=C(N)N)n1. The number of rotatable bonds is 6. The van der Waals surface area contributed by atoms with E-state index in [1.165, 1.54) is 11.3 Å². The second-order valence-corrected chi connectivity index (χ2v) is 6.49. The van der Waals surface area contributed by atoms with Crippen molar-refractivity contribution in [1.29, 1.82) is 5.26 Å². The number of aliphatic imine (C=N–C) groups is 2. The van der Waals surface area contributed by atoms with Gasteiger partial charge in [-0.15, -0.1) is 16.3 Å². The van der Waals surface area contributed by atoms with E-state index in [4.69, 9.17) is 22.5 Å². The predicted octanol–water partition coefficient (Wildman–Crippen LogP) is 0.397. The zero-order valence-corrected chi connectivity index (χ0v) is 13.5. The summed E-state index contributed by atoms with van der Waals surface area (Å²) in [6.45, 7) is 2.76. The highest BCUT2D eigenvalue weighted by molar-refractivity contribution is 7.99. The molecule has 0 radical (unpaired) electrons. The van der Waals surface area contributed by atoms with E-state index < -0.39 is 0 Å². The first-order valence-corrected chi connectivity index (χ1v) is 7.94. The Morgan fingerprint density at radius 2 is 2.29 bits per heavy atom. The van der Waals surface area contributed by atoms with Gasteiger partial charge in [0.15, 0.2) is 5.96 Å². The predicted molar refractivity (Wildman–Crippen MR) is 88.2 cm³/mol. The number of aromatic nitrogens is 1. The van der Waals surface area contributed by atoms with Gasteiger partial charge in [-0.2, -0.15) is 22.0 Å². The van der Waals surface area contributed by atoms with Crippen LogP contribution in [0.4, 0.5) is 5.13 Å². The fraction of sp³-hybridized carbons (Fsp3) is 0.455. The molecule has 0 aliphatic heterocycles. The fourth-order valence-electron chi connectivity index (χ4n) is 1.42. The van der Waals surface area contributed by atoms with Crippen molar-refractivity contribution in [2.45, 2.75) is 17.9 Å². The van der Waals surface area contributed by atoms with Crippen LogP contribution in [0.3, 0.4) is 0 Å². The van der Waals surface area contributed by atoms with Crippen LogP contribution < -0.4 is 17.2 Å². The van der Waals surface area contributed by atoms with Crippen LogP contribution in [0.5, 0.6) is 0 Å². The van der Waals surface area contributed by atoms with Crippen LogP contribution in [0.25, 0.3) is 0 Å².